The molecule has 4 atom stereocenters. The average Bonchev–Trinajstić information content (AvgIpc) is 2.53. The second-order valence-electron chi connectivity index (χ2n) is 5.38. The first kappa shape index (κ1) is 21.0. The van der Waals surface area contributed by atoms with Gasteiger partial charge in [-0.05, 0) is 24.7 Å². The minimum absolute atomic E-state index is 0.430. The number of unbranched alkanes of at least 4 members (excludes halogenated alkanes) is 4. The van der Waals surface area contributed by atoms with E-state index in [0.717, 1.165) is 12.8 Å². The van der Waals surface area contributed by atoms with E-state index in [1.54, 1.807) is 0 Å². The van der Waals surface area contributed by atoms with Crippen molar-refractivity contribution in [1.82, 2.24) is 0 Å². The molecule has 0 saturated heterocycles. The number of hydrogen-bond donors (Lipinski definition) is 3. The average molecular weight is 310 g/mol. The lowest BCUT2D eigenvalue weighted by Crippen LogP contribution is -2.37. The molecule has 0 aromatic heterocycles. The van der Waals surface area contributed by atoms with Crippen molar-refractivity contribution in [2.75, 3.05) is 7.11 Å². The summed E-state index contributed by atoms with van der Waals surface area (Å²) in [4.78, 5) is 0. The van der Waals surface area contributed by atoms with Crippen molar-refractivity contribution in [2.24, 2.45) is 0 Å². The lowest BCUT2D eigenvalue weighted by Gasteiger charge is -2.23. The molecule has 0 aliphatic carbocycles. The molecule has 22 heavy (non-hydrogen) atoms. The van der Waals surface area contributed by atoms with Gasteiger partial charge in [-0.25, -0.2) is 0 Å². The Labute approximate surface area is 134 Å². The molecule has 0 fully saturated rings. The molecule has 0 heterocycles. The molecule has 4 unspecified atom stereocenters. The van der Waals surface area contributed by atoms with E-state index in [9.17, 15) is 15.3 Å². The molecule has 0 bridgehead atoms. The Bertz CT molecular complexity index is 385. The van der Waals surface area contributed by atoms with Gasteiger partial charge >= 0.3 is 0 Å². The number of aliphatic hydroxyl groups is 3. The van der Waals surface area contributed by atoms with E-state index < -0.39 is 24.4 Å². The monoisotopic (exact) mass is 310 g/mol. The third-order valence-electron chi connectivity index (χ3n) is 3.51. The SMILES string of the molecule is CCCCCCCC(OC)C(O)C(O)C#CC#CC(O)CC. The zero-order valence-electron chi connectivity index (χ0n) is 14.0. The van der Waals surface area contributed by atoms with Gasteiger partial charge in [-0.15, -0.1) is 0 Å². The standard InChI is InChI=1S/C18H30O4/c1-4-6-7-8-9-14-17(22-3)18(21)16(20)13-11-10-12-15(19)5-2/h15-21H,4-9,14H2,1-3H3. The molecule has 4 nitrogen and oxygen atoms in total. The summed E-state index contributed by atoms with van der Waals surface area (Å²) in [5.41, 5.74) is 0. The summed E-state index contributed by atoms with van der Waals surface area (Å²) in [6.07, 6.45) is 3.49. The lowest BCUT2D eigenvalue weighted by atomic mass is 10.0. The first-order valence-electron chi connectivity index (χ1n) is 8.14. The summed E-state index contributed by atoms with van der Waals surface area (Å²) in [7, 11) is 1.53. The summed E-state index contributed by atoms with van der Waals surface area (Å²) in [5, 5.41) is 29.2. The fraction of sp³-hybridized carbons (Fsp3) is 0.778. The molecule has 0 amide bonds. The van der Waals surface area contributed by atoms with Crippen molar-refractivity contribution < 1.29 is 20.1 Å². The molecule has 0 saturated carbocycles. The van der Waals surface area contributed by atoms with Crippen molar-refractivity contribution in [3.05, 3.63) is 0 Å². The van der Waals surface area contributed by atoms with Gasteiger partial charge in [0.2, 0.25) is 0 Å². The molecule has 0 aromatic carbocycles. The fourth-order valence-corrected chi connectivity index (χ4v) is 2.00. The lowest BCUT2D eigenvalue weighted by molar-refractivity contribution is -0.0611. The molecule has 4 heteroatoms. The zero-order valence-corrected chi connectivity index (χ0v) is 14.0. The smallest absolute Gasteiger partial charge is 0.144 e. The minimum atomic E-state index is -1.20. The summed E-state index contributed by atoms with van der Waals surface area (Å²) < 4.78 is 5.25. The Morgan fingerprint density at radius 1 is 0.909 bits per heavy atom. The molecule has 0 spiro atoms. The maximum Gasteiger partial charge on any atom is 0.144 e. The number of ether oxygens (including phenoxy) is 1. The summed E-state index contributed by atoms with van der Waals surface area (Å²) in [6.45, 7) is 3.98. The van der Waals surface area contributed by atoms with Gasteiger partial charge < -0.3 is 20.1 Å². The van der Waals surface area contributed by atoms with Crippen LogP contribution in [0.1, 0.15) is 58.8 Å². The van der Waals surface area contributed by atoms with Crippen molar-refractivity contribution in [3.63, 3.8) is 0 Å². The molecule has 0 rings (SSSR count). The molecule has 3 N–H and O–H groups in total. The second-order valence-corrected chi connectivity index (χ2v) is 5.38. The van der Waals surface area contributed by atoms with Crippen LogP contribution in [0.25, 0.3) is 0 Å². The highest BCUT2D eigenvalue weighted by Crippen LogP contribution is 2.13. The minimum Gasteiger partial charge on any atom is -0.387 e. The van der Waals surface area contributed by atoms with Crippen LogP contribution in [0.4, 0.5) is 0 Å². The van der Waals surface area contributed by atoms with Crippen LogP contribution in [-0.2, 0) is 4.74 Å². The predicted octanol–water partition coefficient (Wildman–Crippen LogP) is 1.86. The van der Waals surface area contributed by atoms with Crippen LogP contribution in [0.3, 0.4) is 0 Å². The van der Waals surface area contributed by atoms with Gasteiger partial charge in [-0.2, -0.15) is 0 Å². The fourth-order valence-electron chi connectivity index (χ4n) is 2.00. The normalized spacial score (nSPS) is 15.7. The van der Waals surface area contributed by atoms with Gasteiger partial charge in [0.15, 0.2) is 0 Å². The third kappa shape index (κ3) is 9.82. The van der Waals surface area contributed by atoms with E-state index in [0.29, 0.717) is 12.8 Å². The molecule has 0 aromatic rings. The molecule has 126 valence electrons. The Kier molecular flexibility index (Phi) is 13.0. The van der Waals surface area contributed by atoms with Crippen LogP contribution in [-0.4, -0.2) is 46.8 Å². The predicted molar refractivity (Wildman–Crippen MR) is 88.0 cm³/mol. The Morgan fingerprint density at radius 2 is 1.55 bits per heavy atom. The van der Waals surface area contributed by atoms with Crippen molar-refractivity contribution in [3.8, 4) is 23.7 Å². The van der Waals surface area contributed by atoms with Crippen molar-refractivity contribution in [2.45, 2.75) is 83.2 Å². The van der Waals surface area contributed by atoms with E-state index in [1.807, 2.05) is 6.92 Å². The highest BCUT2D eigenvalue weighted by Gasteiger charge is 2.24. The largest absolute Gasteiger partial charge is 0.387 e. The Morgan fingerprint density at radius 3 is 2.14 bits per heavy atom. The summed E-state index contributed by atoms with van der Waals surface area (Å²) >= 11 is 0. The van der Waals surface area contributed by atoms with Crippen LogP contribution in [0.5, 0.6) is 0 Å². The van der Waals surface area contributed by atoms with Crippen LogP contribution >= 0.6 is 0 Å². The highest BCUT2D eigenvalue weighted by atomic mass is 16.5. The first-order chi connectivity index (χ1) is 10.6. The number of hydrogen-bond acceptors (Lipinski definition) is 4. The van der Waals surface area contributed by atoms with Crippen LogP contribution < -0.4 is 0 Å². The van der Waals surface area contributed by atoms with E-state index in [2.05, 4.69) is 30.6 Å². The number of aliphatic hydroxyl groups excluding tert-OH is 3. The number of rotatable bonds is 10. The molecule has 0 radical (unpaired) electrons. The molecule has 0 aliphatic heterocycles. The van der Waals surface area contributed by atoms with Gasteiger partial charge in [-0.3, -0.25) is 0 Å². The molecular formula is C18H30O4. The van der Waals surface area contributed by atoms with Gasteiger partial charge in [0.05, 0.1) is 6.10 Å². The van der Waals surface area contributed by atoms with Crippen molar-refractivity contribution >= 4 is 0 Å². The quantitative estimate of drug-likeness (QED) is 0.425. The van der Waals surface area contributed by atoms with Crippen molar-refractivity contribution in [1.29, 1.82) is 0 Å². The van der Waals surface area contributed by atoms with Gasteiger partial charge in [0.1, 0.15) is 18.3 Å². The topological polar surface area (TPSA) is 69.9 Å². The van der Waals surface area contributed by atoms with Gasteiger partial charge in [0, 0.05) is 7.11 Å². The Hall–Kier alpha value is -1.04. The zero-order chi connectivity index (χ0) is 16.8. The molecular weight excluding hydrogens is 280 g/mol. The highest BCUT2D eigenvalue weighted by molar-refractivity contribution is 5.29. The van der Waals surface area contributed by atoms with E-state index in [1.165, 1.54) is 26.4 Å². The molecule has 0 aliphatic rings. The second kappa shape index (κ2) is 13.6. The summed E-state index contributed by atoms with van der Waals surface area (Å²) in [5.74, 6) is 9.94. The third-order valence-corrected chi connectivity index (χ3v) is 3.51. The van der Waals surface area contributed by atoms with E-state index in [4.69, 9.17) is 4.74 Å². The maximum absolute atomic E-state index is 10.1. The van der Waals surface area contributed by atoms with Gasteiger partial charge in [-0.1, -0.05) is 57.8 Å². The first-order valence-corrected chi connectivity index (χ1v) is 8.14. The van der Waals surface area contributed by atoms with E-state index >= 15 is 0 Å². The van der Waals surface area contributed by atoms with Crippen LogP contribution in [0.2, 0.25) is 0 Å². The van der Waals surface area contributed by atoms with E-state index in [-0.39, 0.29) is 0 Å². The summed E-state index contributed by atoms with van der Waals surface area (Å²) in [6, 6.07) is 0. The maximum atomic E-state index is 10.1. The van der Waals surface area contributed by atoms with Crippen LogP contribution in [0, 0.1) is 23.7 Å². The number of methoxy groups -OCH3 is 1. The van der Waals surface area contributed by atoms with Crippen LogP contribution in [0.15, 0.2) is 0 Å². The Balaban J connectivity index is 4.28. The van der Waals surface area contributed by atoms with Gasteiger partial charge in [0.25, 0.3) is 0 Å².